The molecule has 2 heterocycles. The van der Waals surface area contributed by atoms with Crippen LogP contribution in [-0.4, -0.2) is 33.4 Å². The van der Waals surface area contributed by atoms with Gasteiger partial charge in [0.1, 0.15) is 11.9 Å². The number of anilines is 2. The molecule has 0 saturated carbocycles. The van der Waals surface area contributed by atoms with E-state index in [1.807, 2.05) is 37.3 Å². The van der Waals surface area contributed by atoms with Crippen LogP contribution in [0.15, 0.2) is 42.6 Å². The number of fused-ring (bicyclic) bond motifs is 1. The molecule has 28 heavy (non-hydrogen) atoms. The predicted octanol–water partition coefficient (Wildman–Crippen LogP) is 4.20. The lowest BCUT2D eigenvalue weighted by molar-refractivity contribution is -0.138. The smallest absolute Gasteiger partial charge is 0.357 e. The quantitative estimate of drug-likeness (QED) is 0.523. The van der Waals surface area contributed by atoms with Crippen LogP contribution in [0.1, 0.15) is 25.5 Å². The Morgan fingerprint density at radius 2 is 1.89 bits per heavy atom. The SMILES string of the molecule is CC(Nc1n[nH]c2cc(NC(=O)N[C@H](C)c3ccccc3)ncc12)C(F)(F)F. The van der Waals surface area contributed by atoms with Crippen molar-refractivity contribution in [3.05, 3.63) is 48.2 Å². The zero-order valence-electron chi connectivity index (χ0n) is 15.1. The Kier molecular flexibility index (Phi) is 5.39. The van der Waals surface area contributed by atoms with Crippen LogP contribution in [0, 0.1) is 0 Å². The van der Waals surface area contributed by atoms with E-state index in [-0.39, 0.29) is 17.7 Å². The first kappa shape index (κ1) is 19.5. The maximum atomic E-state index is 12.7. The largest absolute Gasteiger partial charge is 0.408 e. The summed E-state index contributed by atoms with van der Waals surface area (Å²) in [5.41, 5.74) is 1.39. The van der Waals surface area contributed by atoms with Gasteiger partial charge in [-0.1, -0.05) is 30.3 Å². The lowest BCUT2D eigenvalue weighted by atomic mass is 10.1. The molecule has 2 atom stereocenters. The molecule has 4 N–H and O–H groups in total. The molecule has 0 aliphatic heterocycles. The van der Waals surface area contributed by atoms with Gasteiger partial charge in [0.05, 0.1) is 16.9 Å². The third-order valence-electron chi connectivity index (χ3n) is 4.18. The summed E-state index contributed by atoms with van der Waals surface area (Å²) in [4.78, 5) is 16.2. The fourth-order valence-corrected chi connectivity index (χ4v) is 2.55. The highest BCUT2D eigenvalue weighted by Crippen LogP contribution is 2.27. The average Bonchev–Trinajstić information content (AvgIpc) is 3.03. The van der Waals surface area contributed by atoms with Crippen LogP contribution in [0.5, 0.6) is 0 Å². The number of carbonyl (C=O) groups is 1. The van der Waals surface area contributed by atoms with Crippen molar-refractivity contribution >= 4 is 28.6 Å². The van der Waals surface area contributed by atoms with Crippen LogP contribution in [0.25, 0.3) is 10.9 Å². The molecule has 0 aliphatic carbocycles. The Bertz CT molecular complexity index is 957. The fraction of sp³-hybridized carbons (Fsp3) is 0.278. The van der Waals surface area contributed by atoms with Crippen molar-refractivity contribution in [2.24, 2.45) is 0 Å². The average molecular weight is 392 g/mol. The number of benzene rings is 1. The number of nitrogens with one attached hydrogen (secondary N) is 4. The minimum Gasteiger partial charge on any atom is -0.357 e. The molecule has 0 radical (unpaired) electrons. The van der Waals surface area contributed by atoms with E-state index < -0.39 is 18.2 Å². The standard InChI is InChI=1S/C18H19F3N6O/c1-10(12-6-4-3-5-7-12)23-17(28)25-15-8-14-13(9-22-15)16(27-26-14)24-11(2)18(19,20)21/h3-11H,1-2H3,(H2,24,26,27)(H2,22,23,25,28)/t10-,11?/m1/s1. The predicted molar refractivity (Wildman–Crippen MR) is 100 cm³/mol. The monoisotopic (exact) mass is 392 g/mol. The summed E-state index contributed by atoms with van der Waals surface area (Å²) < 4.78 is 38.1. The number of hydrogen-bond acceptors (Lipinski definition) is 4. The van der Waals surface area contributed by atoms with Gasteiger partial charge in [-0.05, 0) is 19.4 Å². The van der Waals surface area contributed by atoms with Gasteiger partial charge in [0.2, 0.25) is 0 Å². The Morgan fingerprint density at radius 3 is 2.57 bits per heavy atom. The number of pyridine rings is 1. The summed E-state index contributed by atoms with van der Waals surface area (Å²) in [5.74, 6) is 0.283. The molecule has 2 amide bonds. The van der Waals surface area contributed by atoms with Crippen LogP contribution in [0.2, 0.25) is 0 Å². The molecular weight excluding hydrogens is 373 g/mol. The molecule has 2 aromatic heterocycles. The van der Waals surface area contributed by atoms with Crippen LogP contribution < -0.4 is 16.0 Å². The van der Waals surface area contributed by atoms with Gasteiger partial charge in [-0.25, -0.2) is 9.78 Å². The maximum Gasteiger partial charge on any atom is 0.408 e. The molecule has 10 heteroatoms. The maximum absolute atomic E-state index is 12.7. The number of rotatable bonds is 5. The molecule has 0 aliphatic rings. The number of nitrogens with zero attached hydrogens (tertiary/aromatic N) is 2. The topological polar surface area (TPSA) is 94.7 Å². The van der Waals surface area contributed by atoms with Gasteiger partial charge in [-0.2, -0.15) is 18.3 Å². The molecule has 148 valence electrons. The van der Waals surface area contributed by atoms with Gasteiger partial charge in [-0.3, -0.25) is 10.4 Å². The summed E-state index contributed by atoms with van der Waals surface area (Å²) in [6.45, 7) is 2.85. The van der Waals surface area contributed by atoms with Gasteiger partial charge >= 0.3 is 12.2 Å². The van der Waals surface area contributed by atoms with E-state index in [4.69, 9.17) is 0 Å². The lowest BCUT2D eigenvalue weighted by Gasteiger charge is -2.16. The van der Waals surface area contributed by atoms with Crippen molar-refractivity contribution < 1.29 is 18.0 Å². The highest BCUT2D eigenvalue weighted by Gasteiger charge is 2.36. The number of urea groups is 1. The van der Waals surface area contributed by atoms with E-state index in [2.05, 4.69) is 31.1 Å². The van der Waals surface area contributed by atoms with Crippen LogP contribution in [0.3, 0.4) is 0 Å². The van der Waals surface area contributed by atoms with E-state index in [1.54, 1.807) is 0 Å². The van der Waals surface area contributed by atoms with Crippen molar-refractivity contribution in [3.63, 3.8) is 0 Å². The second kappa shape index (κ2) is 7.75. The summed E-state index contributed by atoms with van der Waals surface area (Å²) in [6.07, 6.45) is -3.05. The molecule has 3 rings (SSSR count). The molecule has 3 aromatic rings. The molecule has 0 spiro atoms. The zero-order chi connectivity index (χ0) is 20.3. The molecule has 0 bridgehead atoms. The number of halogens is 3. The van der Waals surface area contributed by atoms with Crippen LogP contribution in [0.4, 0.5) is 29.6 Å². The number of hydrogen-bond donors (Lipinski definition) is 4. The van der Waals surface area contributed by atoms with Crippen molar-refractivity contribution in [2.45, 2.75) is 32.1 Å². The molecule has 1 aromatic carbocycles. The van der Waals surface area contributed by atoms with E-state index in [9.17, 15) is 18.0 Å². The molecule has 0 saturated heterocycles. The summed E-state index contributed by atoms with van der Waals surface area (Å²) in [5, 5.41) is 14.6. The van der Waals surface area contributed by atoms with E-state index in [1.165, 1.54) is 12.3 Å². The molecule has 0 fully saturated rings. The second-order valence-corrected chi connectivity index (χ2v) is 6.33. The van der Waals surface area contributed by atoms with Crippen LogP contribution >= 0.6 is 0 Å². The zero-order valence-corrected chi connectivity index (χ0v) is 15.1. The number of aromatic nitrogens is 3. The first-order valence-electron chi connectivity index (χ1n) is 8.54. The highest BCUT2D eigenvalue weighted by atomic mass is 19.4. The normalized spacial score (nSPS) is 13.8. The van der Waals surface area contributed by atoms with Gasteiger partial charge in [-0.15, -0.1) is 0 Å². The minimum absolute atomic E-state index is 0.0426. The molecule has 1 unspecified atom stereocenters. The number of alkyl halides is 3. The van der Waals surface area contributed by atoms with Crippen LogP contribution in [-0.2, 0) is 0 Å². The lowest BCUT2D eigenvalue weighted by Crippen LogP contribution is -2.33. The van der Waals surface area contributed by atoms with E-state index >= 15 is 0 Å². The van der Waals surface area contributed by atoms with Crippen molar-refractivity contribution in [1.29, 1.82) is 0 Å². The van der Waals surface area contributed by atoms with E-state index in [0.717, 1.165) is 12.5 Å². The number of amides is 2. The fourth-order valence-electron chi connectivity index (χ4n) is 2.55. The Balaban J connectivity index is 1.67. The molecule has 7 nitrogen and oxygen atoms in total. The van der Waals surface area contributed by atoms with Gasteiger partial charge in [0, 0.05) is 12.3 Å². The Hall–Kier alpha value is -3.30. The third kappa shape index (κ3) is 4.51. The Labute approximate surface area is 158 Å². The van der Waals surface area contributed by atoms with Crippen molar-refractivity contribution in [3.8, 4) is 0 Å². The van der Waals surface area contributed by atoms with Gasteiger partial charge < -0.3 is 10.6 Å². The molecular formula is C18H19F3N6O. The summed E-state index contributed by atoms with van der Waals surface area (Å²) in [6, 6.07) is 8.52. The van der Waals surface area contributed by atoms with Crippen molar-refractivity contribution in [2.75, 3.05) is 10.6 Å². The minimum atomic E-state index is -4.40. The van der Waals surface area contributed by atoms with Gasteiger partial charge in [0.15, 0.2) is 5.82 Å². The Morgan fingerprint density at radius 1 is 1.18 bits per heavy atom. The third-order valence-corrected chi connectivity index (χ3v) is 4.18. The number of H-pyrrole nitrogens is 1. The van der Waals surface area contributed by atoms with E-state index in [0.29, 0.717) is 10.9 Å². The summed E-state index contributed by atoms with van der Waals surface area (Å²) in [7, 11) is 0. The highest BCUT2D eigenvalue weighted by molar-refractivity contribution is 5.94. The second-order valence-electron chi connectivity index (χ2n) is 6.33. The summed E-state index contributed by atoms with van der Waals surface area (Å²) >= 11 is 0. The van der Waals surface area contributed by atoms with Gasteiger partial charge in [0.25, 0.3) is 0 Å². The van der Waals surface area contributed by atoms with Crippen molar-refractivity contribution in [1.82, 2.24) is 20.5 Å². The number of carbonyl (C=O) groups excluding carboxylic acids is 1. The number of aromatic amines is 1. The first-order valence-corrected chi connectivity index (χ1v) is 8.54. The first-order chi connectivity index (χ1) is 13.2.